The minimum Gasteiger partial charge on any atom is -0.296 e. The van der Waals surface area contributed by atoms with Gasteiger partial charge in [-0.05, 0) is 30.5 Å². The van der Waals surface area contributed by atoms with Crippen molar-refractivity contribution in [2.24, 2.45) is 5.92 Å². The number of aryl methyl sites for hydroxylation is 1. The van der Waals surface area contributed by atoms with Crippen LogP contribution in [0, 0.1) is 5.92 Å². The lowest BCUT2D eigenvalue weighted by Gasteiger charge is -2.22. The zero-order valence-electron chi connectivity index (χ0n) is 9.61. The fourth-order valence-electron chi connectivity index (χ4n) is 2.40. The first-order valence-corrected chi connectivity index (χ1v) is 6.63. The molecule has 0 radical (unpaired) electrons. The van der Waals surface area contributed by atoms with Crippen molar-refractivity contribution in [1.82, 2.24) is 9.55 Å². The van der Waals surface area contributed by atoms with E-state index >= 15 is 0 Å². The highest BCUT2D eigenvalue weighted by atomic mass is 79.9. The number of benzene rings is 1. The van der Waals surface area contributed by atoms with Crippen molar-refractivity contribution in [2.75, 3.05) is 0 Å². The first-order valence-electron chi connectivity index (χ1n) is 5.84. The molecule has 1 aromatic heterocycles. The number of hydrogen-bond acceptors (Lipinski definition) is 2. The molecule has 0 fully saturated rings. The van der Waals surface area contributed by atoms with E-state index in [1.165, 1.54) is 0 Å². The molecule has 0 bridgehead atoms. The van der Waals surface area contributed by atoms with E-state index in [-0.39, 0.29) is 5.56 Å². The number of halogens is 1. The molecule has 88 valence electrons. The van der Waals surface area contributed by atoms with Gasteiger partial charge < -0.3 is 0 Å². The smallest absolute Gasteiger partial charge is 0.261 e. The summed E-state index contributed by atoms with van der Waals surface area (Å²) in [6.45, 7) is 2.98. The molecule has 4 heteroatoms. The SMILES string of the molecule is CC1CCc2nc3cc(Br)ccc3c(=O)n2C1. The molecule has 0 N–H and O–H groups in total. The Hall–Kier alpha value is -1.16. The molecule has 1 aliphatic heterocycles. The molecule has 1 atom stereocenters. The molecule has 1 aromatic carbocycles. The van der Waals surface area contributed by atoms with E-state index in [9.17, 15) is 4.79 Å². The predicted molar refractivity (Wildman–Crippen MR) is 71.2 cm³/mol. The Morgan fingerprint density at radius 3 is 3.12 bits per heavy atom. The van der Waals surface area contributed by atoms with Crippen molar-refractivity contribution < 1.29 is 0 Å². The molecule has 1 unspecified atom stereocenters. The average Bonchev–Trinajstić information content (AvgIpc) is 2.30. The van der Waals surface area contributed by atoms with Crippen LogP contribution in [-0.2, 0) is 13.0 Å². The van der Waals surface area contributed by atoms with E-state index in [0.29, 0.717) is 11.3 Å². The van der Waals surface area contributed by atoms with Crippen molar-refractivity contribution in [3.8, 4) is 0 Å². The Kier molecular flexibility index (Phi) is 2.54. The third-order valence-corrected chi connectivity index (χ3v) is 3.84. The minimum absolute atomic E-state index is 0.101. The van der Waals surface area contributed by atoms with E-state index in [4.69, 9.17) is 0 Å². The zero-order valence-corrected chi connectivity index (χ0v) is 11.2. The molecule has 0 saturated carbocycles. The summed E-state index contributed by atoms with van der Waals surface area (Å²) in [6.07, 6.45) is 2.02. The van der Waals surface area contributed by atoms with Gasteiger partial charge in [-0.3, -0.25) is 9.36 Å². The van der Waals surface area contributed by atoms with Gasteiger partial charge in [0.2, 0.25) is 0 Å². The first kappa shape index (κ1) is 11.0. The van der Waals surface area contributed by atoms with Crippen molar-refractivity contribution in [2.45, 2.75) is 26.3 Å². The quantitative estimate of drug-likeness (QED) is 0.748. The molecule has 2 aromatic rings. The average molecular weight is 293 g/mol. The van der Waals surface area contributed by atoms with Crippen molar-refractivity contribution in [1.29, 1.82) is 0 Å². The monoisotopic (exact) mass is 292 g/mol. The summed E-state index contributed by atoms with van der Waals surface area (Å²) in [5.74, 6) is 1.49. The van der Waals surface area contributed by atoms with E-state index < -0.39 is 0 Å². The van der Waals surface area contributed by atoms with Crippen molar-refractivity contribution in [3.63, 3.8) is 0 Å². The van der Waals surface area contributed by atoms with E-state index in [2.05, 4.69) is 27.8 Å². The van der Waals surface area contributed by atoms with Crippen LogP contribution in [0.1, 0.15) is 19.2 Å². The third kappa shape index (κ3) is 1.80. The maximum Gasteiger partial charge on any atom is 0.261 e. The summed E-state index contributed by atoms with van der Waals surface area (Å²) >= 11 is 3.41. The normalized spacial score (nSPS) is 19.3. The summed E-state index contributed by atoms with van der Waals surface area (Å²) in [5, 5.41) is 0.714. The molecule has 0 aliphatic carbocycles. The van der Waals surface area contributed by atoms with E-state index in [0.717, 1.165) is 35.2 Å². The molecule has 1 aliphatic rings. The van der Waals surface area contributed by atoms with Crippen molar-refractivity contribution >= 4 is 26.8 Å². The van der Waals surface area contributed by atoms with E-state index in [1.54, 1.807) is 0 Å². The number of rotatable bonds is 0. The number of nitrogens with zero attached hydrogens (tertiary/aromatic N) is 2. The highest BCUT2D eigenvalue weighted by Crippen LogP contribution is 2.20. The molecular formula is C13H13BrN2O. The Labute approximate surface area is 108 Å². The third-order valence-electron chi connectivity index (χ3n) is 3.35. The second-order valence-corrected chi connectivity index (χ2v) is 5.66. The fourth-order valence-corrected chi connectivity index (χ4v) is 2.75. The van der Waals surface area contributed by atoms with Crippen LogP contribution >= 0.6 is 15.9 Å². The van der Waals surface area contributed by atoms with Crippen LogP contribution in [0.4, 0.5) is 0 Å². The Bertz CT molecular complexity index is 648. The van der Waals surface area contributed by atoms with Crippen LogP contribution in [-0.4, -0.2) is 9.55 Å². The van der Waals surface area contributed by atoms with Crippen LogP contribution < -0.4 is 5.56 Å². The van der Waals surface area contributed by atoms with Gasteiger partial charge in [0.15, 0.2) is 0 Å². The summed E-state index contributed by atoms with van der Waals surface area (Å²) < 4.78 is 2.80. The van der Waals surface area contributed by atoms with E-state index in [1.807, 2.05) is 22.8 Å². The molecule has 17 heavy (non-hydrogen) atoms. The Balaban J connectivity index is 2.32. The molecule has 2 heterocycles. The molecule has 0 amide bonds. The summed E-state index contributed by atoms with van der Waals surface area (Å²) in [4.78, 5) is 16.9. The topological polar surface area (TPSA) is 34.9 Å². The Morgan fingerprint density at radius 2 is 2.29 bits per heavy atom. The fraction of sp³-hybridized carbons (Fsp3) is 0.385. The van der Waals surface area contributed by atoms with Gasteiger partial charge >= 0.3 is 0 Å². The van der Waals surface area contributed by atoms with Crippen LogP contribution in [0.2, 0.25) is 0 Å². The van der Waals surface area contributed by atoms with Gasteiger partial charge in [0.05, 0.1) is 10.9 Å². The highest BCUT2D eigenvalue weighted by Gasteiger charge is 2.18. The zero-order chi connectivity index (χ0) is 12.0. The lowest BCUT2D eigenvalue weighted by molar-refractivity contribution is 0.381. The van der Waals surface area contributed by atoms with Crippen LogP contribution in [0.3, 0.4) is 0 Å². The first-order chi connectivity index (χ1) is 8.15. The molecular weight excluding hydrogens is 280 g/mol. The largest absolute Gasteiger partial charge is 0.296 e. The van der Waals surface area contributed by atoms with Crippen LogP contribution in [0.15, 0.2) is 27.5 Å². The van der Waals surface area contributed by atoms with Gasteiger partial charge in [-0.15, -0.1) is 0 Å². The highest BCUT2D eigenvalue weighted by molar-refractivity contribution is 9.10. The second-order valence-electron chi connectivity index (χ2n) is 4.75. The van der Waals surface area contributed by atoms with Gasteiger partial charge in [-0.2, -0.15) is 0 Å². The molecule has 3 rings (SSSR count). The molecule has 3 nitrogen and oxygen atoms in total. The molecule has 0 spiro atoms. The second kappa shape index (κ2) is 3.95. The summed E-state index contributed by atoms with van der Waals surface area (Å²) in [6, 6.07) is 5.65. The minimum atomic E-state index is 0.101. The van der Waals surface area contributed by atoms with Crippen LogP contribution in [0.25, 0.3) is 10.9 Å². The van der Waals surface area contributed by atoms with Crippen LogP contribution in [0.5, 0.6) is 0 Å². The lowest BCUT2D eigenvalue weighted by Crippen LogP contribution is -2.31. The van der Waals surface area contributed by atoms with Crippen molar-refractivity contribution in [3.05, 3.63) is 38.9 Å². The predicted octanol–water partition coefficient (Wildman–Crippen LogP) is 2.74. The lowest BCUT2D eigenvalue weighted by atomic mass is 10.0. The molecule has 0 saturated heterocycles. The van der Waals surface area contributed by atoms with Gasteiger partial charge in [0.25, 0.3) is 5.56 Å². The number of aromatic nitrogens is 2. The van der Waals surface area contributed by atoms with Gasteiger partial charge in [0.1, 0.15) is 5.82 Å². The summed E-state index contributed by atoms with van der Waals surface area (Å²) in [5.41, 5.74) is 0.897. The van der Waals surface area contributed by atoms with Gasteiger partial charge in [-0.1, -0.05) is 22.9 Å². The van der Waals surface area contributed by atoms with Gasteiger partial charge in [0, 0.05) is 17.4 Å². The standard InChI is InChI=1S/C13H13BrN2O/c1-8-2-5-12-15-11-6-9(14)3-4-10(11)13(17)16(12)7-8/h3-4,6,8H,2,5,7H2,1H3. The van der Waals surface area contributed by atoms with Gasteiger partial charge in [-0.25, -0.2) is 4.98 Å². The number of fused-ring (bicyclic) bond motifs is 2. The maximum atomic E-state index is 12.3. The Morgan fingerprint density at radius 1 is 1.47 bits per heavy atom. The summed E-state index contributed by atoms with van der Waals surface area (Å²) in [7, 11) is 0. The maximum absolute atomic E-state index is 12.3. The number of hydrogen-bond donors (Lipinski definition) is 0.